The average molecular weight is 590 g/mol. The molecule has 1 fully saturated rings. The molecule has 4 atom stereocenters. The van der Waals surface area contributed by atoms with E-state index in [1.807, 2.05) is 6.08 Å². The Morgan fingerprint density at radius 2 is 1.79 bits per heavy atom. The Balaban J connectivity index is 1.48. The minimum atomic E-state index is -1.36. The number of methoxy groups -OCH3 is 1. The van der Waals surface area contributed by atoms with Crippen LogP contribution < -0.4 is 9.64 Å². The van der Waals surface area contributed by atoms with Gasteiger partial charge in [0.15, 0.2) is 23.1 Å². The number of benzene rings is 2. The van der Waals surface area contributed by atoms with E-state index in [9.17, 15) is 39.3 Å². The summed E-state index contributed by atoms with van der Waals surface area (Å²) in [5.74, 6) is -6.94. The first-order chi connectivity index (χ1) is 19.9. The number of hydrogen-bond donors (Lipinski definition) is 3. The van der Waals surface area contributed by atoms with Gasteiger partial charge in [-0.15, -0.1) is 0 Å². The summed E-state index contributed by atoms with van der Waals surface area (Å²) in [5, 5.41) is 29.8. The van der Waals surface area contributed by atoms with E-state index in [0.717, 1.165) is 17.0 Å². The number of imide groups is 1. The van der Waals surface area contributed by atoms with E-state index in [4.69, 9.17) is 16.3 Å². The van der Waals surface area contributed by atoms with Gasteiger partial charge in [-0.1, -0.05) is 23.3 Å². The summed E-state index contributed by atoms with van der Waals surface area (Å²) in [5.41, 5.74) is 1.61. The number of carbonyl (C=O) groups excluding carboxylic acids is 4. The molecule has 0 unspecified atom stereocenters. The molecule has 0 radical (unpaired) electrons. The molecule has 0 aromatic heterocycles. The average Bonchev–Trinajstić information content (AvgIpc) is 3.21. The number of fused-ring (bicyclic) bond motifs is 3. The number of carboxylic acid groups (broad SMARTS) is 1. The number of Topliss-reactive ketones (excluding diaryl/α,β-unsaturated/α-hetero) is 1. The number of ether oxygens (including phenoxy) is 1. The third kappa shape index (κ3) is 3.89. The first-order valence-electron chi connectivity index (χ1n) is 13.1. The monoisotopic (exact) mass is 589 g/mol. The number of allylic oxidation sites excluding steroid dienone is 6. The molecule has 2 aromatic carbocycles. The summed E-state index contributed by atoms with van der Waals surface area (Å²) >= 11 is 6.33. The van der Waals surface area contributed by atoms with Gasteiger partial charge in [0.25, 0.3) is 0 Å². The molecule has 1 saturated heterocycles. The van der Waals surface area contributed by atoms with Crippen molar-refractivity contribution in [2.75, 3.05) is 12.0 Å². The molecule has 2 aromatic rings. The summed E-state index contributed by atoms with van der Waals surface area (Å²) in [4.78, 5) is 66.7. The number of carbonyl (C=O) groups is 5. The van der Waals surface area contributed by atoms with Crippen molar-refractivity contribution in [1.29, 1.82) is 0 Å². The third-order valence-corrected chi connectivity index (χ3v) is 8.92. The Hall–Kier alpha value is -4.70. The molecule has 0 bridgehead atoms. The normalized spacial score (nSPS) is 25.1. The van der Waals surface area contributed by atoms with Crippen molar-refractivity contribution in [2.24, 2.45) is 17.8 Å². The number of halogens is 1. The van der Waals surface area contributed by atoms with E-state index in [0.29, 0.717) is 11.1 Å². The first kappa shape index (κ1) is 27.5. The zero-order valence-electron chi connectivity index (χ0n) is 22.4. The molecule has 6 rings (SSSR count). The first-order valence-corrected chi connectivity index (χ1v) is 13.5. The Labute approximate surface area is 244 Å². The number of aromatic hydroxyl groups is 2. The van der Waals surface area contributed by atoms with Gasteiger partial charge in [0.2, 0.25) is 11.8 Å². The van der Waals surface area contributed by atoms with Crippen LogP contribution in [0.15, 0.2) is 64.8 Å². The zero-order chi connectivity index (χ0) is 30.2. The van der Waals surface area contributed by atoms with E-state index in [-0.39, 0.29) is 68.9 Å². The van der Waals surface area contributed by atoms with Gasteiger partial charge in [0.05, 0.1) is 29.7 Å². The lowest BCUT2D eigenvalue weighted by atomic mass is 9.59. The van der Waals surface area contributed by atoms with Gasteiger partial charge in [-0.2, -0.15) is 0 Å². The van der Waals surface area contributed by atoms with Crippen LogP contribution >= 0.6 is 11.6 Å². The topological polar surface area (TPSA) is 159 Å². The van der Waals surface area contributed by atoms with E-state index >= 15 is 0 Å². The second-order valence-corrected chi connectivity index (χ2v) is 11.2. The fourth-order valence-corrected chi connectivity index (χ4v) is 6.99. The smallest absolute Gasteiger partial charge is 0.339 e. The predicted molar refractivity (Wildman–Crippen MR) is 149 cm³/mol. The van der Waals surface area contributed by atoms with E-state index < -0.39 is 47.2 Å². The molecule has 3 N–H and O–H groups in total. The molecule has 11 heteroatoms. The van der Waals surface area contributed by atoms with E-state index in [1.165, 1.54) is 31.4 Å². The second kappa shape index (κ2) is 9.70. The SMILES string of the molecule is COc1cc([C@H]2C3=CC[C@@H]4C(=O)N(c5ccc(C(=O)O)c(O)c5)C(=O)[C@@H]4[C@@H]3CC3=C2C(=O)C=C(C)C3=O)cc(Cl)c1O. The molecule has 1 aliphatic heterocycles. The zero-order valence-corrected chi connectivity index (χ0v) is 23.1. The number of ketones is 2. The van der Waals surface area contributed by atoms with Crippen LogP contribution in [0.2, 0.25) is 5.02 Å². The molecule has 4 aliphatic rings. The molecule has 0 saturated carbocycles. The number of hydrogen-bond acceptors (Lipinski definition) is 8. The van der Waals surface area contributed by atoms with Crippen molar-refractivity contribution in [1.82, 2.24) is 0 Å². The molecule has 0 spiro atoms. The summed E-state index contributed by atoms with van der Waals surface area (Å²) in [7, 11) is 1.35. The standard InChI is InChI=1S/C31H24ClNO9/c1-12-7-22(35)26-19(27(12)36)11-18-15(24(26)13-8-20(32)28(37)23(9-13)42-2)5-6-17-25(18)30(39)33(29(17)38)14-3-4-16(31(40)41)21(34)10-14/h3-5,7-10,17-18,24-25,34,37H,6,11H2,1-2H3,(H,40,41)/t17-,18+,24-,25-/m0/s1. The molecule has 214 valence electrons. The van der Waals surface area contributed by atoms with Crippen LogP contribution in [0.25, 0.3) is 0 Å². The molecule has 1 heterocycles. The Morgan fingerprint density at radius 1 is 1.05 bits per heavy atom. The minimum absolute atomic E-state index is 0.0212. The number of anilines is 1. The van der Waals surface area contributed by atoms with Gasteiger partial charge in [0.1, 0.15) is 11.3 Å². The van der Waals surface area contributed by atoms with Crippen molar-refractivity contribution >= 4 is 46.6 Å². The fraction of sp³-hybridized carbons (Fsp3) is 0.258. The largest absolute Gasteiger partial charge is 0.507 e. The predicted octanol–water partition coefficient (Wildman–Crippen LogP) is 4.09. The van der Waals surface area contributed by atoms with Crippen LogP contribution in [-0.4, -0.2) is 51.8 Å². The van der Waals surface area contributed by atoms with Crippen molar-refractivity contribution < 1.29 is 44.0 Å². The molecule has 42 heavy (non-hydrogen) atoms. The second-order valence-electron chi connectivity index (χ2n) is 10.8. The Bertz CT molecular complexity index is 1750. The highest BCUT2D eigenvalue weighted by atomic mass is 35.5. The lowest BCUT2D eigenvalue weighted by Crippen LogP contribution is -2.39. The highest BCUT2D eigenvalue weighted by Gasteiger charge is 2.56. The van der Waals surface area contributed by atoms with Crippen molar-refractivity contribution in [3.63, 3.8) is 0 Å². The molecular weight excluding hydrogens is 566 g/mol. The lowest BCUT2D eigenvalue weighted by Gasteiger charge is -2.42. The Morgan fingerprint density at radius 3 is 2.45 bits per heavy atom. The number of phenols is 2. The molecule has 10 nitrogen and oxygen atoms in total. The number of carboxylic acids is 1. The highest BCUT2D eigenvalue weighted by Crippen LogP contribution is 2.56. The third-order valence-electron chi connectivity index (χ3n) is 8.64. The highest BCUT2D eigenvalue weighted by molar-refractivity contribution is 6.32. The summed E-state index contributed by atoms with van der Waals surface area (Å²) in [6, 6.07) is 6.51. The van der Waals surface area contributed by atoms with Gasteiger partial charge in [-0.25, -0.2) is 9.69 Å². The summed E-state index contributed by atoms with van der Waals surface area (Å²) < 4.78 is 5.29. The number of aromatic carboxylic acids is 1. The lowest BCUT2D eigenvalue weighted by molar-refractivity contribution is -0.123. The molecule has 3 aliphatic carbocycles. The van der Waals surface area contributed by atoms with Crippen molar-refractivity contribution in [3.8, 4) is 17.2 Å². The van der Waals surface area contributed by atoms with Gasteiger partial charge < -0.3 is 20.1 Å². The van der Waals surface area contributed by atoms with Crippen LogP contribution in [0.1, 0.15) is 41.6 Å². The van der Waals surface area contributed by atoms with Gasteiger partial charge in [-0.3, -0.25) is 19.2 Å². The number of phenolic OH excluding ortho intramolecular Hbond substituents is 1. The summed E-state index contributed by atoms with van der Waals surface area (Å²) in [6.07, 6.45) is 3.36. The maximum Gasteiger partial charge on any atom is 0.339 e. The van der Waals surface area contributed by atoms with Crippen LogP contribution in [0.5, 0.6) is 17.2 Å². The number of amides is 2. The fourth-order valence-electron chi connectivity index (χ4n) is 6.77. The minimum Gasteiger partial charge on any atom is -0.507 e. The van der Waals surface area contributed by atoms with Crippen LogP contribution in [0.4, 0.5) is 5.69 Å². The van der Waals surface area contributed by atoms with Gasteiger partial charge in [0, 0.05) is 28.7 Å². The van der Waals surface area contributed by atoms with E-state index in [2.05, 4.69) is 0 Å². The number of rotatable bonds is 4. The van der Waals surface area contributed by atoms with E-state index in [1.54, 1.807) is 6.92 Å². The quantitative estimate of drug-likeness (QED) is 0.271. The number of nitrogens with zero attached hydrogens (tertiary/aromatic N) is 1. The maximum atomic E-state index is 14.0. The van der Waals surface area contributed by atoms with Crippen LogP contribution in [0, 0.1) is 17.8 Å². The maximum absolute atomic E-state index is 14.0. The van der Waals surface area contributed by atoms with Crippen molar-refractivity contribution in [2.45, 2.75) is 25.7 Å². The van der Waals surface area contributed by atoms with Gasteiger partial charge in [-0.05, 0) is 61.6 Å². The molecule has 2 amide bonds. The Kier molecular flexibility index (Phi) is 6.34. The molecular formula is C31H24ClNO9. The van der Waals surface area contributed by atoms with Crippen LogP contribution in [0.3, 0.4) is 0 Å². The summed E-state index contributed by atoms with van der Waals surface area (Å²) in [6.45, 7) is 1.55. The van der Waals surface area contributed by atoms with Crippen molar-refractivity contribution in [3.05, 3.63) is 80.9 Å². The van der Waals surface area contributed by atoms with Gasteiger partial charge >= 0.3 is 5.97 Å². The van der Waals surface area contributed by atoms with Crippen LogP contribution in [-0.2, 0) is 19.2 Å².